The first-order chi connectivity index (χ1) is 9.37. The number of nitrogens with zero attached hydrogens (tertiary/aromatic N) is 1. The van der Waals surface area contributed by atoms with Crippen LogP contribution in [0.1, 0.15) is 49.7 Å². The van der Waals surface area contributed by atoms with Crippen molar-refractivity contribution >= 4 is 23.0 Å². The molecule has 2 heterocycles. The second-order valence-electron chi connectivity index (χ2n) is 6.73. The molecule has 1 aromatic heterocycles. The molecule has 20 heavy (non-hydrogen) atoms. The number of rotatable bonds is 3. The van der Waals surface area contributed by atoms with Crippen LogP contribution in [0.2, 0.25) is 0 Å². The van der Waals surface area contributed by atoms with Crippen LogP contribution in [0.25, 0.3) is 0 Å². The molecule has 0 bridgehead atoms. The van der Waals surface area contributed by atoms with Gasteiger partial charge in [0, 0.05) is 25.4 Å². The molecule has 0 N–H and O–H groups in total. The molecule has 0 atom stereocenters. The molecule has 110 valence electrons. The zero-order valence-corrected chi connectivity index (χ0v) is 13.3. The van der Waals surface area contributed by atoms with Gasteiger partial charge >= 0.3 is 0 Å². The van der Waals surface area contributed by atoms with Gasteiger partial charge in [-0.2, -0.15) is 0 Å². The molecule has 1 fully saturated rings. The fourth-order valence-electron chi connectivity index (χ4n) is 2.58. The average molecular weight is 293 g/mol. The number of Topliss-reactive ketones (excluding diaryl/α,β-unsaturated/α-hetero) is 1. The molecule has 1 saturated heterocycles. The molecule has 3 nitrogen and oxygen atoms in total. The van der Waals surface area contributed by atoms with Crippen molar-refractivity contribution < 1.29 is 9.59 Å². The lowest BCUT2D eigenvalue weighted by Crippen LogP contribution is -2.41. The van der Waals surface area contributed by atoms with E-state index in [9.17, 15) is 9.59 Å². The quantitative estimate of drug-likeness (QED) is 0.798. The molecule has 1 aliphatic rings. The van der Waals surface area contributed by atoms with Crippen LogP contribution in [0.15, 0.2) is 17.5 Å². The van der Waals surface area contributed by atoms with Gasteiger partial charge in [0.25, 0.3) is 0 Å². The standard InChI is InChI=1S/C16H23NO2S/c1-16(2,3)11-14(18)17-8-6-12(7-9-17)15(19)13-5-4-10-20-13/h4-5,10,12H,6-9,11H2,1-3H3. The van der Waals surface area contributed by atoms with Gasteiger partial charge in [-0.1, -0.05) is 26.8 Å². The monoisotopic (exact) mass is 293 g/mol. The number of carbonyl (C=O) groups is 2. The van der Waals surface area contributed by atoms with Crippen LogP contribution in [0.3, 0.4) is 0 Å². The number of ketones is 1. The van der Waals surface area contributed by atoms with Crippen molar-refractivity contribution in [3.8, 4) is 0 Å². The van der Waals surface area contributed by atoms with Crippen LogP contribution >= 0.6 is 11.3 Å². The molecular weight excluding hydrogens is 270 g/mol. The van der Waals surface area contributed by atoms with E-state index in [2.05, 4.69) is 20.8 Å². The van der Waals surface area contributed by atoms with Crippen LogP contribution in [0, 0.1) is 11.3 Å². The molecule has 0 spiro atoms. The Morgan fingerprint density at radius 3 is 2.45 bits per heavy atom. The lowest BCUT2D eigenvalue weighted by atomic mass is 9.89. The van der Waals surface area contributed by atoms with E-state index in [0.29, 0.717) is 6.42 Å². The smallest absolute Gasteiger partial charge is 0.223 e. The number of likely N-dealkylation sites (tertiary alicyclic amines) is 1. The zero-order valence-electron chi connectivity index (χ0n) is 12.5. The van der Waals surface area contributed by atoms with Gasteiger partial charge in [-0.15, -0.1) is 11.3 Å². The molecule has 1 aliphatic heterocycles. The second kappa shape index (κ2) is 6.08. The van der Waals surface area contributed by atoms with Crippen LogP contribution in [-0.2, 0) is 4.79 Å². The maximum Gasteiger partial charge on any atom is 0.223 e. The highest BCUT2D eigenvalue weighted by Gasteiger charge is 2.29. The summed E-state index contributed by atoms with van der Waals surface area (Å²) in [5.74, 6) is 0.565. The Hall–Kier alpha value is -1.16. The van der Waals surface area contributed by atoms with Crippen molar-refractivity contribution in [3.63, 3.8) is 0 Å². The minimum atomic E-state index is 0.0285. The van der Waals surface area contributed by atoms with Gasteiger partial charge in [-0.05, 0) is 29.7 Å². The fraction of sp³-hybridized carbons (Fsp3) is 0.625. The summed E-state index contributed by atoms with van der Waals surface area (Å²) in [7, 11) is 0. The average Bonchev–Trinajstić information content (AvgIpc) is 2.90. The highest BCUT2D eigenvalue weighted by Crippen LogP contribution is 2.26. The molecule has 0 radical (unpaired) electrons. The Kier molecular flexibility index (Phi) is 4.63. The Balaban J connectivity index is 1.86. The molecule has 0 unspecified atom stereocenters. The summed E-state index contributed by atoms with van der Waals surface area (Å²) in [6, 6.07) is 3.81. The lowest BCUT2D eigenvalue weighted by Gasteiger charge is -2.33. The van der Waals surface area contributed by atoms with E-state index in [1.165, 1.54) is 11.3 Å². The van der Waals surface area contributed by atoms with E-state index in [0.717, 1.165) is 30.8 Å². The molecule has 0 aliphatic carbocycles. The number of amides is 1. The molecule has 0 aromatic carbocycles. The third-order valence-electron chi connectivity index (χ3n) is 3.66. The number of piperidine rings is 1. The number of thiophene rings is 1. The van der Waals surface area contributed by atoms with Crippen molar-refractivity contribution in [2.45, 2.75) is 40.0 Å². The van der Waals surface area contributed by atoms with Gasteiger partial charge in [0.2, 0.25) is 5.91 Å². The molecular formula is C16H23NO2S. The van der Waals surface area contributed by atoms with Gasteiger partial charge in [0.05, 0.1) is 4.88 Å². The summed E-state index contributed by atoms with van der Waals surface area (Å²) in [6.45, 7) is 7.68. The van der Waals surface area contributed by atoms with Crippen molar-refractivity contribution in [1.82, 2.24) is 4.90 Å². The number of carbonyl (C=O) groups excluding carboxylic acids is 2. The van der Waals surface area contributed by atoms with E-state index in [1.807, 2.05) is 22.4 Å². The van der Waals surface area contributed by atoms with Gasteiger partial charge in [-0.3, -0.25) is 9.59 Å². The largest absolute Gasteiger partial charge is 0.343 e. The molecule has 0 saturated carbocycles. The Morgan fingerprint density at radius 1 is 1.30 bits per heavy atom. The van der Waals surface area contributed by atoms with Gasteiger partial charge < -0.3 is 4.90 Å². The van der Waals surface area contributed by atoms with Crippen LogP contribution < -0.4 is 0 Å². The SMILES string of the molecule is CC(C)(C)CC(=O)N1CCC(C(=O)c2cccs2)CC1. The maximum absolute atomic E-state index is 12.3. The summed E-state index contributed by atoms with van der Waals surface area (Å²) >= 11 is 1.51. The van der Waals surface area contributed by atoms with Crippen molar-refractivity contribution in [1.29, 1.82) is 0 Å². The van der Waals surface area contributed by atoms with Crippen molar-refractivity contribution in [3.05, 3.63) is 22.4 Å². The van der Waals surface area contributed by atoms with E-state index in [1.54, 1.807) is 0 Å². The van der Waals surface area contributed by atoms with Gasteiger partial charge in [-0.25, -0.2) is 0 Å². The first kappa shape index (κ1) is 15.2. The molecule has 4 heteroatoms. The molecule has 1 amide bonds. The first-order valence-electron chi connectivity index (χ1n) is 7.22. The Labute approximate surface area is 125 Å². The molecule has 1 aromatic rings. The predicted octanol–water partition coefficient (Wildman–Crippen LogP) is 3.61. The van der Waals surface area contributed by atoms with E-state index in [4.69, 9.17) is 0 Å². The van der Waals surface area contributed by atoms with E-state index < -0.39 is 0 Å². The lowest BCUT2D eigenvalue weighted by molar-refractivity contribution is -0.134. The first-order valence-corrected chi connectivity index (χ1v) is 8.10. The van der Waals surface area contributed by atoms with E-state index >= 15 is 0 Å². The predicted molar refractivity (Wildman–Crippen MR) is 82.0 cm³/mol. The van der Waals surface area contributed by atoms with Crippen molar-refractivity contribution in [2.24, 2.45) is 11.3 Å². The third-order valence-corrected chi connectivity index (χ3v) is 4.55. The summed E-state index contributed by atoms with van der Waals surface area (Å²) in [4.78, 5) is 27.2. The maximum atomic E-state index is 12.3. The summed E-state index contributed by atoms with van der Waals surface area (Å²) in [6.07, 6.45) is 2.18. The minimum Gasteiger partial charge on any atom is -0.343 e. The highest BCUT2D eigenvalue weighted by atomic mass is 32.1. The summed E-state index contributed by atoms with van der Waals surface area (Å²) in [5, 5.41) is 1.94. The highest BCUT2D eigenvalue weighted by molar-refractivity contribution is 7.12. The topological polar surface area (TPSA) is 37.4 Å². The fourth-order valence-corrected chi connectivity index (χ4v) is 3.32. The number of hydrogen-bond donors (Lipinski definition) is 0. The molecule has 2 rings (SSSR count). The minimum absolute atomic E-state index is 0.0285. The second-order valence-corrected chi connectivity index (χ2v) is 7.68. The van der Waals surface area contributed by atoms with Gasteiger partial charge in [0.15, 0.2) is 5.78 Å². The van der Waals surface area contributed by atoms with E-state index in [-0.39, 0.29) is 23.0 Å². The summed E-state index contributed by atoms with van der Waals surface area (Å²) < 4.78 is 0. The summed E-state index contributed by atoms with van der Waals surface area (Å²) in [5.41, 5.74) is 0.0285. The van der Waals surface area contributed by atoms with Crippen LogP contribution in [0.5, 0.6) is 0 Å². The van der Waals surface area contributed by atoms with Crippen LogP contribution in [-0.4, -0.2) is 29.7 Å². The van der Waals surface area contributed by atoms with Crippen LogP contribution in [0.4, 0.5) is 0 Å². The Morgan fingerprint density at radius 2 is 1.95 bits per heavy atom. The Bertz CT molecular complexity index is 465. The third kappa shape index (κ3) is 3.92. The normalized spacial score (nSPS) is 17.2. The zero-order chi connectivity index (χ0) is 14.8. The number of hydrogen-bond acceptors (Lipinski definition) is 3. The van der Waals surface area contributed by atoms with Gasteiger partial charge in [0.1, 0.15) is 0 Å². The van der Waals surface area contributed by atoms with Crippen molar-refractivity contribution in [2.75, 3.05) is 13.1 Å².